The van der Waals surface area contributed by atoms with Gasteiger partial charge in [0, 0.05) is 11.1 Å². The van der Waals surface area contributed by atoms with Gasteiger partial charge >= 0.3 is 5.97 Å². The molecule has 0 aliphatic rings. The molecule has 0 spiro atoms. The van der Waals surface area contributed by atoms with Gasteiger partial charge in [-0.05, 0) is 59.7 Å². The Hall–Kier alpha value is -4.19. The molecule has 2 heterocycles. The first-order chi connectivity index (χ1) is 14.0. The third-order valence-electron chi connectivity index (χ3n) is 4.51. The third-order valence-corrected chi connectivity index (χ3v) is 4.51. The van der Waals surface area contributed by atoms with Crippen LogP contribution in [0.3, 0.4) is 0 Å². The number of carboxylic acids is 1. The van der Waals surface area contributed by atoms with Crippen LogP contribution in [0.4, 0.5) is 0 Å². The van der Waals surface area contributed by atoms with Gasteiger partial charge in [0.2, 0.25) is 5.91 Å². The second kappa shape index (κ2) is 7.44. The number of aromatic carboxylic acids is 1. The van der Waals surface area contributed by atoms with E-state index in [9.17, 15) is 14.7 Å². The Labute approximate surface area is 166 Å². The molecular weight excluding hydrogens is 368 g/mol. The third kappa shape index (κ3) is 3.77. The van der Waals surface area contributed by atoms with Crippen molar-refractivity contribution >= 4 is 11.9 Å². The summed E-state index contributed by atoms with van der Waals surface area (Å²) in [6.07, 6.45) is 1.57. The molecule has 0 unspecified atom stereocenters. The van der Waals surface area contributed by atoms with Crippen molar-refractivity contribution in [3.05, 3.63) is 90.2 Å². The molecule has 0 saturated carbocycles. The molecule has 29 heavy (non-hydrogen) atoms. The molecule has 0 saturated heterocycles. The van der Waals surface area contributed by atoms with Crippen molar-refractivity contribution in [2.24, 2.45) is 5.73 Å². The summed E-state index contributed by atoms with van der Waals surface area (Å²) >= 11 is 0. The number of primary amides is 1. The fourth-order valence-electron chi connectivity index (χ4n) is 3.03. The molecule has 0 aliphatic carbocycles. The number of hydrogen-bond acceptors (Lipinski definition) is 4. The number of carbonyl (C=O) groups is 2. The molecule has 3 N–H and O–H groups in total. The number of carbonyl (C=O) groups excluding carboxylic acids is 1. The number of nitrogens with zero attached hydrogens (tertiary/aromatic N) is 1. The molecule has 0 radical (unpaired) electrons. The van der Waals surface area contributed by atoms with Crippen molar-refractivity contribution in [1.82, 2.24) is 4.98 Å². The van der Waals surface area contributed by atoms with E-state index in [4.69, 9.17) is 10.2 Å². The van der Waals surface area contributed by atoms with Gasteiger partial charge in [-0.3, -0.25) is 4.79 Å². The molecule has 4 aromatic rings. The van der Waals surface area contributed by atoms with Gasteiger partial charge in [-0.2, -0.15) is 0 Å². The number of pyridine rings is 1. The topological polar surface area (TPSA) is 106 Å². The van der Waals surface area contributed by atoms with Gasteiger partial charge in [0.05, 0.1) is 17.5 Å². The van der Waals surface area contributed by atoms with Crippen LogP contribution in [-0.2, 0) is 0 Å². The summed E-state index contributed by atoms with van der Waals surface area (Å²) < 4.78 is 5.50. The van der Waals surface area contributed by atoms with E-state index in [1.165, 1.54) is 6.07 Å². The summed E-state index contributed by atoms with van der Waals surface area (Å²) in [4.78, 5) is 27.3. The van der Waals surface area contributed by atoms with Crippen molar-refractivity contribution in [1.29, 1.82) is 0 Å². The van der Waals surface area contributed by atoms with E-state index in [0.29, 0.717) is 28.3 Å². The van der Waals surface area contributed by atoms with Crippen molar-refractivity contribution < 1.29 is 19.1 Å². The summed E-state index contributed by atoms with van der Waals surface area (Å²) in [5, 5.41) is 9.29. The number of carboxylic acid groups (broad SMARTS) is 1. The average Bonchev–Trinajstić information content (AvgIpc) is 3.28. The number of nitrogens with two attached hydrogens (primary N) is 1. The van der Waals surface area contributed by atoms with Crippen LogP contribution in [-0.4, -0.2) is 22.0 Å². The fraction of sp³-hybridized carbons (Fsp3) is 0. The van der Waals surface area contributed by atoms with Crippen LogP contribution >= 0.6 is 0 Å². The van der Waals surface area contributed by atoms with E-state index in [1.54, 1.807) is 60.9 Å². The number of amides is 1. The summed E-state index contributed by atoms with van der Waals surface area (Å²) in [5.41, 5.74) is 9.52. The Morgan fingerprint density at radius 1 is 0.793 bits per heavy atom. The summed E-state index contributed by atoms with van der Waals surface area (Å²) in [6.45, 7) is 0. The van der Waals surface area contributed by atoms with Crippen LogP contribution in [0.25, 0.3) is 33.8 Å². The van der Waals surface area contributed by atoms with Crippen molar-refractivity contribution in [3.8, 4) is 33.8 Å². The van der Waals surface area contributed by atoms with E-state index in [-0.39, 0.29) is 5.56 Å². The molecule has 2 aromatic heterocycles. The first-order valence-electron chi connectivity index (χ1n) is 8.81. The van der Waals surface area contributed by atoms with Crippen LogP contribution in [0.1, 0.15) is 20.7 Å². The van der Waals surface area contributed by atoms with Crippen molar-refractivity contribution in [3.63, 3.8) is 0 Å². The largest absolute Gasteiger partial charge is 0.478 e. The number of rotatable bonds is 5. The normalized spacial score (nSPS) is 10.6. The Balaban J connectivity index is 1.87. The minimum Gasteiger partial charge on any atom is -0.478 e. The van der Waals surface area contributed by atoms with Gasteiger partial charge in [-0.15, -0.1) is 0 Å². The van der Waals surface area contributed by atoms with Crippen LogP contribution in [0, 0.1) is 0 Å². The number of aromatic nitrogens is 1. The van der Waals surface area contributed by atoms with Crippen LogP contribution in [0.5, 0.6) is 0 Å². The number of hydrogen-bond donors (Lipinski definition) is 2. The molecule has 0 aliphatic heterocycles. The highest BCUT2D eigenvalue weighted by Gasteiger charge is 2.12. The fourth-order valence-corrected chi connectivity index (χ4v) is 3.03. The summed E-state index contributed by atoms with van der Waals surface area (Å²) in [7, 11) is 0. The second-order valence-corrected chi connectivity index (χ2v) is 6.43. The van der Waals surface area contributed by atoms with Crippen LogP contribution < -0.4 is 5.73 Å². The zero-order chi connectivity index (χ0) is 20.4. The lowest BCUT2D eigenvalue weighted by Crippen LogP contribution is -2.10. The van der Waals surface area contributed by atoms with E-state index >= 15 is 0 Å². The minimum absolute atomic E-state index is 0.181. The monoisotopic (exact) mass is 384 g/mol. The summed E-state index contributed by atoms with van der Waals surface area (Å²) in [5.74, 6) is -0.902. The van der Waals surface area contributed by atoms with Crippen LogP contribution in [0.15, 0.2) is 83.5 Å². The highest BCUT2D eigenvalue weighted by molar-refractivity contribution is 5.93. The Bertz CT molecular complexity index is 1200. The highest BCUT2D eigenvalue weighted by atomic mass is 16.4. The molecule has 4 rings (SSSR count). The standard InChI is InChI=1S/C23H16N2O4/c24-22(26)15-8-6-14(7-9-15)18-12-19(16-3-1-4-17(11-16)23(27)28)25-20(13-18)21-5-2-10-29-21/h1-13H,(H2,24,26)(H,27,28). The predicted molar refractivity (Wildman–Crippen MR) is 108 cm³/mol. The first kappa shape index (κ1) is 18.2. The lowest BCUT2D eigenvalue weighted by molar-refractivity contribution is 0.0696. The van der Waals surface area contributed by atoms with Gasteiger partial charge < -0.3 is 15.3 Å². The smallest absolute Gasteiger partial charge is 0.335 e. The molecule has 142 valence electrons. The van der Waals surface area contributed by atoms with Crippen LogP contribution in [0.2, 0.25) is 0 Å². The lowest BCUT2D eigenvalue weighted by Gasteiger charge is -2.10. The molecule has 1 amide bonds. The quantitative estimate of drug-likeness (QED) is 0.528. The van der Waals surface area contributed by atoms with Gasteiger partial charge in [0.15, 0.2) is 5.76 Å². The first-order valence-corrected chi connectivity index (χ1v) is 8.81. The maximum Gasteiger partial charge on any atom is 0.335 e. The molecule has 6 heteroatoms. The minimum atomic E-state index is -1.00. The highest BCUT2D eigenvalue weighted by Crippen LogP contribution is 2.31. The second-order valence-electron chi connectivity index (χ2n) is 6.43. The van der Waals surface area contributed by atoms with Gasteiger partial charge in [0.1, 0.15) is 5.69 Å². The lowest BCUT2D eigenvalue weighted by atomic mass is 9.99. The van der Waals surface area contributed by atoms with Gasteiger partial charge in [0.25, 0.3) is 0 Å². The number of benzene rings is 2. The van der Waals surface area contributed by atoms with Gasteiger partial charge in [-0.1, -0.05) is 24.3 Å². The van der Waals surface area contributed by atoms with E-state index in [0.717, 1.165) is 11.1 Å². The Kier molecular flexibility index (Phi) is 4.66. The number of furan rings is 1. The SMILES string of the molecule is NC(=O)c1ccc(-c2cc(-c3cccc(C(=O)O)c3)nc(-c3ccco3)c2)cc1. The average molecular weight is 384 g/mol. The molecule has 6 nitrogen and oxygen atoms in total. The van der Waals surface area contributed by atoms with Crippen molar-refractivity contribution in [2.45, 2.75) is 0 Å². The van der Waals surface area contributed by atoms with E-state index in [1.807, 2.05) is 12.1 Å². The Morgan fingerprint density at radius 3 is 2.21 bits per heavy atom. The van der Waals surface area contributed by atoms with E-state index in [2.05, 4.69) is 4.98 Å². The predicted octanol–water partition coefficient (Wildman–Crippen LogP) is 4.47. The molecule has 0 fully saturated rings. The summed E-state index contributed by atoms with van der Waals surface area (Å²) in [6, 6.07) is 20.9. The van der Waals surface area contributed by atoms with Gasteiger partial charge in [-0.25, -0.2) is 9.78 Å². The van der Waals surface area contributed by atoms with Crippen molar-refractivity contribution in [2.75, 3.05) is 0 Å². The zero-order valence-electron chi connectivity index (χ0n) is 15.2. The molecular formula is C23H16N2O4. The molecule has 0 bridgehead atoms. The molecule has 2 aromatic carbocycles. The Morgan fingerprint density at radius 2 is 1.55 bits per heavy atom. The maximum absolute atomic E-state index is 11.3. The maximum atomic E-state index is 11.3. The zero-order valence-corrected chi connectivity index (χ0v) is 15.2. The molecule has 0 atom stereocenters. The van der Waals surface area contributed by atoms with E-state index < -0.39 is 11.9 Å².